The molecule has 0 saturated heterocycles. The van der Waals surface area contributed by atoms with E-state index in [0.717, 1.165) is 11.3 Å². The van der Waals surface area contributed by atoms with Gasteiger partial charge in [-0.2, -0.15) is 0 Å². The molecule has 2 rings (SSSR count). The average molecular weight is 432 g/mol. The van der Waals surface area contributed by atoms with Crippen LogP contribution in [-0.2, 0) is 19.1 Å². The van der Waals surface area contributed by atoms with Crippen LogP contribution in [0.3, 0.4) is 0 Å². The lowest BCUT2D eigenvalue weighted by molar-refractivity contribution is -0.148. The van der Waals surface area contributed by atoms with Gasteiger partial charge >= 0.3 is 5.97 Å². The predicted octanol–water partition coefficient (Wildman–Crippen LogP) is 2.76. The molecule has 8 nitrogen and oxygen atoms in total. The Bertz CT molecular complexity index is 915. The smallest absolute Gasteiger partial charge is 0.306 e. The molecule has 0 aliphatic carbocycles. The second-order valence-corrected chi connectivity index (χ2v) is 6.82. The third kappa shape index (κ3) is 7.92. The maximum Gasteiger partial charge on any atom is 0.306 e. The highest BCUT2D eigenvalue weighted by Gasteiger charge is 2.11. The van der Waals surface area contributed by atoms with Gasteiger partial charge in [-0.1, -0.05) is 29.8 Å². The Labute approximate surface area is 178 Å². The van der Waals surface area contributed by atoms with Gasteiger partial charge in [-0.15, -0.1) is 0 Å². The highest BCUT2D eigenvalue weighted by atomic mass is 35.5. The topological polar surface area (TPSA) is 114 Å². The molecule has 158 valence electrons. The van der Waals surface area contributed by atoms with Crippen molar-refractivity contribution in [2.24, 2.45) is 0 Å². The van der Waals surface area contributed by atoms with Gasteiger partial charge in [0.05, 0.1) is 0 Å². The van der Waals surface area contributed by atoms with E-state index in [1.165, 1.54) is 12.1 Å². The van der Waals surface area contributed by atoms with Crippen molar-refractivity contribution in [2.75, 3.05) is 11.9 Å². The van der Waals surface area contributed by atoms with Gasteiger partial charge in [0, 0.05) is 29.1 Å². The molecule has 2 aromatic carbocycles. The van der Waals surface area contributed by atoms with E-state index in [-0.39, 0.29) is 25.2 Å². The Balaban J connectivity index is 1.60. The summed E-state index contributed by atoms with van der Waals surface area (Å²) in [5, 5.41) is 3.26. The molecule has 0 atom stereocenters. The van der Waals surface area contributed by atoms with Gasteiger partial charge in [-0.05, 0) is 49.2 Å². The predicted molar refractivity (Wildman–Crippen MR) is 112 cm³/mol. The summed E-state index contributed by atoms with van der Waals surface area (Å²) in [7, 11) is 0. The second kappa shape index (κ2) is 11.6. The number of rotatable bonds is 8. The molecule has 3 N–H and O–H groups in total. The summed E-state index contributed by atoms with van der Waals surface area (Å²) in [6, 6.07) is 13.5. The number of hydrogen-bond donors (Lipinski definition) is 3. The number of hydrazine groups is 1. The van der Waals surface area contributed by atoms with Gasteiger partial charge < -0.3 is 10.1 Å². The number of esters is 1. The Kier molecular flexibility index (Phi) is 8.83. The minimum Gasteiger partial charge on any atom is -0.455 e. The van der Waals surface area contributed by atoms with Crippen LogP contribution in [0, 0.1) is 6.92 Å². The summed E-state index contributed by atoms with van der Waals surface area (Å²) in [5.41, 5.74) is 6.32. The van der Waals surface area contributed by atoms with Crippen LogP contribution < -0.4 is 16.2 Å². The summed E-state index contributed by atoms with van der Waals surface area (Å²) in [5.74, 6) is -2.05. The molecule has 0 aliphatic rings. The Hall–Kier alpha value is -3.39. The lowest BCUT2D eigenvalue weighted by Crippen LogP contribution is -2.43. The summed E-state index contributed by atoms with van der Waals surface area (Å²) in [6.45, 7) is 1.34. The average Bonchev–Trinajstić information content (AvgIpc) is 2.72. The zero-order valence-electron chi connectivity index (χ0n) is 16.4. The molecule has 9 heteroatoms. The van der Waals surface area contributed by atoms with Crippen LogP contribution >= 0.6 is 11.6 Å². The maximum absolute atomic E-state index is 11.9. The minimum absolute atomic E-state index is 0.00833. The van der Waals surface area contributed by atoms with E-state index in [0.29, 0.717) is 10.6 Å². The molecular formula is C21H22ClN3O5. The van der Waals surface area contributed by atoms with Crippen molar-refractivity contribution in [3.05, 3.63) is 64.7 Å². The third-order valence-corrected chi connectivity index (χ3v) is 4.24. The van der Waals surface area contributed by atoms with E-state index in [1.54, 1.807) is 18.2 Å². The largest absolute Gasteiger partial charge is 0.455 e. The standard InChI is InChI=1S/C21H22ClN3O5/c1-14-5-2-3-6-17(14)23-18(26)7-4-8-20(28)30-13-19(27)24-25-21(29)15-9-11-16(22)12-10-15/h2-3,5-6,9-12H,4,7-8,13H2,1H3,(H,23,26)(H,24,27)(H,25,29). The Morgan fingerprint density at radius 3 is 2.30 bits per heavy atom. The Morgan fingerprint density at radius 1 is 0.900 bits per heavy atom. The van der Waals surface area contributed by atoms with E-state index in [4.69, 9.17) is 16.3 Å². The first-order valence-corrected chi connectivity index (χ1v) is 9.59. The van der Waals surface area contributed by atoms with Gasteiger partial charge in [0.2, 0.25) is 5.91 Å². The first-order valence-electron chi connectivity index (χ1n) is 9.21. The Morgan fingerprint density at radius 2 is 1.60 bits per heavy atom. The lowest BCUT2D eigenvalue weighted by atomic mass is 10.2. The van der Waals surface area contributed by atoms with Gasteiger partial charge in [-0.25, -0.2) is 0 Å². The quantitative estimate of drug-likeness (QED) is 0.439. The van der Waals surface area contributed by atoms with Crippen molar-refractivity contribution in [2.45, 2.75) is 26.2 Å². The van der Waals surface area contributed by atoms with Crippen LogP contribution in [0.25, 0.3) is 0 Å². The molecule has 2 aromatic rings. The molecule has 30 heavy (non-hydrogen) atoms. The van der Waals surface area contributed by atoms with Crippen LogP contribution in [0.4, 0.5) is 5.69 Å². The van der Waals surface area contributed by atoms with Gasteiger partial charge in [-0.3, -0.25) is 30.0 Å². The fourth-order valence-electron chi connectivity index (χ4n) is 2.37. The lowest BCUT2D eigenvalue weighted by Gasteiger charge is -2.09. The number of ether oxygens (including phenoxy) is 1. The first kappa shape index (κ1) is 22.9. The number of amides is 3. The molecule has 0 saturated carbocycles. The number of anilines is 1. The number of hydrogen-bond acceptors (Lipinski definition) is 5. The van der Waals surface area contributed by atoms with Crippen molar-refractivity contribution >= 4 is 41.0 Å². The zero-order valence-corrected chi connectivity index (χ0v) is 17.1. The normalized spacial score (nSPS) is 10.1. The van der Waals surface area contributed by atoms with Crippen LogP contribution in [0.15, 0.2) is 48.5 Å². The van der Waals surface area contributed by atoms with Crippen molar-refractivity contribution < 1.29 is 23.9 Å². The maximum atomic E-state index is 11.9. The minimum atomic E-state index is -0.692. The van der Waals surface area contributed by atoms with Gasteiger partial charge in [0.1, 0.15) is 0 Å². The number of aryl methyl sites for hydroxylation is 1. The molecule has 0 bridgehead atoms. The summed E-state index contributed by atoms with van der Waals surface area (Å²) in [4.78, 5) is 47.1. The first-order chi connectivity index (χ1) is 14.3. The fraction of sp³-hybridized carbons (Fsp3) is 0.238. The summed E-state index contributed by atoms with van der Waals surface area (Å²) >= 11 is 5.74. The molecule has 0 spiro atoms. The van der Waals surface area contributed by atoms with Crippen molar-refractivity contribution in [1.29, 1.82) is 0 Å². The third-order valence-electron chi connectivity index (χ3n) is 3.99. The molecule has 0 heterocycles. The van der Waals surface area contributed by atoms with Crippen molar-refractivity contribution in [3.63, 3.8) is 0 Å². The monoisotopic (exact) mass is 431 g/mol. The van der Waals surface area contributed by atoms with E-state index in [2.05, 4.69) is 16.2 Å². The summed E-state index contributed by atoms with van der Waals surface area (Å²) < 4.78 is 4.83. The SMILES string of the molecule is Cc1ccccc1NC(=O)CCCC(=O)OCC(=O)NNC(=O)c1ccc(Cl)cc1. The second-order valence-electron chi connectivity index (χ2n) is 6.39. The molecule has 3 amide bonds. The molecule has 0 fully saturated rings. The fourth-order valence-corrected chi connectivity index (χ4v) is 2.50. The number of benzene rings is 2. The number of para-hydroxylation sites is 1. The van der Waals surface area contributed by atoms with Gasteiger partial charge in [0.25, 0.3) is 11.8 Å². The van der Waals surface area contributed by atoms with Crippen molar-refractivity contribution in [3.8, 4) is 0 Å². The van der Waals surface area contributed by atoms with E-state index >= 15 is 0 Å². The highest BCUT2D eigenvalue weighted by molar-refractivity contribution is 6.30. The van der Waals surface area contributed by atoms with E-state index < -0.39 is 24.4 Å². The molecule has 0 radical (unpaired) electrons. The number of halogens is 1. The molecular weight excluding hydrogens is 410 g/mol. The number of nitrogens with one attached hydrogen (secondary N) is 3. The molecule has 0 unspecified atom stereocenters. The number of carbonyl (C=O) groups excluding carboxylic acids is 4. The van der Waals surface area contributed by atoms with E-state index in [9.17, 15) is 19.2 Å². The zero-order chi connectivity index (χ0) is 21.9. The molecule has 0 aromatic heterocycles. The van der Waals surface area contributed by atoms with Gasteiger partial charge in [0.15, 0.2) is 6.61 Å². The van der Waals surface area contributed by atoms with E-state index in [1.807, 2.05) is 25.1 Å². The van der Waals surface area contributed by atoms with Crippen LogP contribution in [-0.4, -0.2) is 30.3 Å². The highest BCUT2D eigenvalue weighted by Crippen LogP contribution is 2.14. The van der Waals surface area contributed by atoms with Crippen molar-refractivity contribution in [1.82, 2.24) is 10.9 Å². The number of carbonyl (C=O) groups is 4. The van der Waals surface area contributed by atoms with Crippen LogP contribution in [0.5, 0.6) is 0 Å². The summed E-state index contributed by atoms with van der Waals surface area (Å²) in [6.07, 6.45) is 0.420. The van der Waals surface area contributed by atoms with Crippen LogP contribution in [0.1, 0.15) is 35.2 Å². The van der Waals surface area contributed by atoms with Crippen LogP contribution in [0.2, 0.25) is 5.02 Å². The molecule has 0 aliphatic heterocycles.